The van der Waals surface area contributed by atoms with E-state index in [1.165, 1.54) is 55.3 Å². The van der Waals surface area contributed by atoms with E-state index >= 15 is 0 Å². The van der Waals surface area contributed by atoms with Crippen LogP contribution in [-0.2, 0) is 0 Å². The zero-order chi connectivity index (χ0) is 27.4. The van der Waals surface area contributed by atoms with E-state index in [0.717, 1.165) is 11.4 Å². The van der Waals surface area contributed by atoms with Gasteiger partial charge in [0.2, 0.25) is 0 Å². The first-order valence-corrected chi connectivity index (χ1v) is 14.0. The maximum absolute atomic E-state index is 3.57. The highest BCUT2D eigenvalue weighted by molar-refractivity contribution is 5.87. The molecule has 7 rings (SSSR count). The highest BCUT2D eigenvalue weighted by atomic mass is 14.9. The Morgan fingerprint density at radius 3 is 1.15 bits per heavy atom. The van der Waals surface area contributed by atoms with Gasteiger partial charge in [-0.1, -0.05) is 121 Å². The zero-order valence-electron chi connectivity index (χ0n) is 22.7. The number of benzene rings is 7. The maximum Gasteiger partial charge on any atom is 0.0384 e. The predicted molar refractivity (Wildman–Crippen MR) is 175 cm³/mol. The first kappa shape index (κ1) is 24.6. The molecule has 0 fully saturated rings. The van der Waals surface area contributed by atoms with Gasteiger partial charge in [-0.2, -0.15) is 0 Å². The van der Waals surface area contributed by atoms with Gasteiger partial charge in [0, 0.05) is 11.4 Å². The van der Waals surface area contributed by atoms with Crippen LogP contribution in [0.1, 0.15) is 0 Å². The summed E-state index contributed by atoms with van der Waals surface area (Å²) in [6.45, 7) is 0. The van der Waals surface area contributed by atoms with Gasteiger partial charge in [-0.3, -0.25) is 0 Å². The summed E-state index contributed by atoms with van der Waals surface area (Å²) in [5, 5.41) is 6.09. The average molecular weight is 524 g/mol. The first-order valence-electron chi connectivity index (χ1n) is 14.0. The van der Waals surface area contributed by atoms with Crippen molar-refractivity contribution in [3.8, 4) is 44.5 Å². The molecular weight excluding hydrogens is 494 g/mol. The summed E-state index contributed by atoms with van der Waals surface area (Å²) in [6.07, 6.45) is 0. The van der Waals surface area contributed by atoms with Gasteiger partial charge in [-0.05, 0) is 104 Å². The summed E-state index contributed by atoms with van der Waals surface area (Å²) in [7, 11) is 0. The second kappa shape index (κ2) is 11.0. The number of nitrogens with one attached hydrogen (secondary N) is 1. The van der Waals surface area contributed by atoms with Crippen LogP contribution in [0.15, 0.2) is 170 Å². The van der Waals surface area contributed by atoms with Crippen LogP contribution in [0.25, 0.3) is 55.3 Å². The molecular formula is C40H29N. The Kier molecular flexibility index (Phi) is 6.61. The molecule has 1 N–H and O–H groups in total. The number of hydrogen-bond acceptors (Lipinski definition) is 1. The fourth-order valence-electron chi connectivity index (χ4n) is 5.42. The van der Waals surface area contributed by atoms with E-state index in [0.29, 0.717) is 0 Å². The molecule has 41 heavy (non-hydrogen) atoms. The number of rotatable bonds is 6. The summed E-state index contributed by atoms with van der Waals surface area (Å²) in [6, 6.07) is 60.6. The van der Waals surface area contributed by atoms with Crippen LogP contribution in [0.3, 0.4) is 0 Å². The maximum atomic E-state index is 3.57. The van der Waals surface area contributed by atoms with Gasteiger partial charge in [0.1, 0.15) is 0 Å². The third kappa shape index (κ3) is 5.39. The van der Waals surface area contributed by atoms with Crippen molar-refractivity contribution in [2.24, 2.45) is 0 Å². The van der Waals surface area contributed by atoms with Crippen molar-refractivity contribution < 1.29 is 0 Å². The summed E-state index contributed by atoms with van der Waals surface area (Å²) in [5.74, 6) is 0. The Bertz CT molecular complexity index is 1860. The van der Waals surface area contributed by atoms with Crippen molar-refractivity contribution in [2.75, 3.05) is 5.32 Å². The van der Waals surface area contributed by atoms with Gasteiger partial charge in [-0.15, -0.1) is 0 Å². The lowest BCUT2D eigenvalue weighted by molar-refractivity contribution is 1.53. The van der Waals surface area contributed by atoms with Crippen molar-refractivity contribution in [2.45, 2.75) is 0 Å². The lowest BCUT2D eigenvalue weighted by Gasteiger charge is -2.12. The molecule has 0 aliphatic carbocycles. The monoisotopic (exact) mass is 523 g/mol. The van der Waals surface area contributed by atoms with E-state index in [9.17, 15) is 0 Å². The molecule has 0 heterocycles. The fourth-order valence-corrected chi connectivity index (χ4v) is 5.42. The van der Waals surface area contributed by atoms with E-state index in [4.69, 9.17) is 0 Å². The van der Waals surface area contributed by atoms with Gasteiger partial charge >= 0.3 is 0 Å². The third-order valence-corrected chi connectivity index (χ3v) is 7.62. The van der Waals surface area contributed by atoms with Gasteiger partial charge in [0.25, 0.3) is 0 Å². The Morgan fingerprint density at radius 1 is 0.244 bits per heavy atom. The normalized spacial score (nSPS) is 10.9. The summed E-state index contributed by atoms with van der Waals surface area (Å²) >= 11 is 0. The zero-order valence-corrected chi connectivity index (χ0v) is 22.7. The Balaban J connectivity index is 1.14. The molecule has 7 aromatic rings. The number of fused-ring (bicyclic) bond motifs is 1. The van der Waals surface area contributed by atoms with Gasteiger partial charge in [0.05, 0.1) is 0 Å². The van der Waals surface area contributed by atoms with Crippen LogP contribution in [0, 0.1) is 0 Å². The highest BCUT2D eigenvalue weighted by Crippen LogP contribution is 2.34. The number of anilines is 2. The molecule has 0 saturated heterocycles. The van der Waals surface area contributed by atoms with Crippen LogP contribution in [0.4, 0.5) is 11.4 Å². The van der Waals surface area contributed by atoms with Crippen LogP contribution in [0.2, 0.25) is 0 Å². The molecule has 1 nitrogen and oxygen atoms in total. The molecule has 1 heteroatoms. The van der Waals surface area contributed by atoms with Crippen LogP contribution >= 0.6 is 0 Å². The molecule has 0 saturated carbocycles. The molecule has 0 bridgehead atoms. The van der Waals surface area contributed by atoms with Crippen LogP contribution < -0.4 is 5.32 Å². The minimum atomic E-state index is 1.06. The second-order valence-electron chi connectivity index (χ2n) is 10.4. The average Bonchev–Trinajstić information content (AvgIpc) is 3.06. The van der Waals surface area contributed by atoms with E-state index in [1.54, 1.807) is 0 Å². The molecule has 0 amide bonds. The van der Waals surface area contributed by atoms with Crippen molar-refractivity contribution in [3.05, 3.63) is 170 Å². The third-order valence-electron chi connectivity index (χ3n) is 7.62. The molecule has 0 radical (unpaired) electrons. The smallest absolute Gasteiger partial charge is 0.0384 e. The highest BCUT2D eigenvalue weighted by Gasteiger charge is 2.08. The first-order chi connectivity index (χ1) is 20.3. The van der Waals surface area contributed by atoms with Gasteiger partial charge < -0.3 is 5.32 Å². The molecule has 194 valence electrons. The van der Waals surface area contributed by atoms with Crippen molar-refractivity contribution in [3.63, 3.8) is 0 Å². The minimum absolute atomic E-state index is 1.06. The molecule has 0 aliphatic heterocycles. The Labute approximate surface area is 241 Å². The van der Waals surface area contributed by atoms with Gasteiger partial charge in [0.15, 0.2) is 0 Å². The largest absolute Gasteiger partial charge is 0.356 e. The predicted octanol–water partition coefficient (Wildman–Crippen LogP) is 11.3. The molecule has 0 unspecified atom stereocenters. The van der Waals surface area contributed by atoms with Crippen molar-refractivity contribution >= 4 is 22.1 Å². The lowest BCUT2D eigenvalue weighted by Crippen LogP contribution is -1.91. The molecule has 0 spiro atoms. The van der Waals surface area contributed by atoms with Crippen molar-refractivity contribution in [1.29, 1.82) is 0 Å². The Morgan fingerprint density at radius 2 is 0.634 bits per heavy atom. The minimum Gasteiger partial charge on any atom is -0.356 e. The number of hydrogen-bond donors (Lipinski definition) is 1. The summed E-state index contributed by atoms with van der Waals surface area (Å²) in [4.78, 5) is 0. The summed E-state index contributed by atoms with van der Waals surface area (Å²) in [5.41, 5.74) is 11.8. The molecule has 0 atom stereocenters. The molecule has 7 aromatic carbocycles. The van der Waals surface area contributed by atoms with Gasteiger partial charge in [-0.25, -0.2) is 0 Å². The molecule has 0 aliphatic rings. The quantitative estimate of drug-likeness (QED) is 0.229. The molecule has 0 aromatic heterocycles. The second-order valence-corrected chi connectivity index (χ2v) is 10.4. The van der Waals surface area contributed by atoms with Crippen molar-refractivity contribution in [1.82, 2.24) is 0 Å². The van der Waals surface area contributed by atoms with E-state index < -0.39 is 0 Å². The van der Waals surface area contributed by atoms with E-state index in [1.807, 2.05) is 0 Å². The summed E-state index contributed by atoms with van der Waals surface area (Å²) < 4.78 is 0. The van der Waals surface area contributed by atoms with E-state index in [2.05, 4.69) is 175 Å². The standard InChI is InChI=1S/C40H29N/c1-3-9-29(10-4-1)36-26-37(30-11-5-2-6-12-30)28-38(27-36)33-19-23-40(24-20-33)41-39-21-17-32(18-22-39)35-16-15-31-13-7-8-14-34(31)25-35/h1-28,41H. The Hall–Kier alpha value is -5.40. The fraction of sp³-hybridized carbons (Fsp3) is 0. The van der Waals surface area contributed by atoms with E-state index in [-0.39, 0.29) is 0 Å². The lowest BCUT2D eigenvalue weighted by atomic mass is 9.93. The van der Waals surface area contributed by atoms with Crippen LogP contribution in [0.5, 0.6) is 0 Å². The topological polar surface area (TPSA) is 12.0 Å². The van der Waals surface area contributed by atoms with Crippen LogP contribution in [-0.4, -0.2) is 0 Å². The SMILES string of the molecule is c1ccc(-c2cc(-c3ccccc3)cc(-c3ccc(Nc4ccc(-c5ccc6ccccc6c5)cc4)cc3)c2)cc1.